The second kappa shape index (κ2) is 4.05. The van der Waals surface area contributed by atoms with Crippen LogP contribution in [0.2, 0.25) is 0 Å². The quantitative estimate of drug-likeness (QED) is 0.735. The number of rotatable bonds is 3. The van der Waals surface area contributed by atoms with Gasteiger partial charge in [0, 0.05) is 6.54 Å². The molecule has 0 aromatic heterocycles. The van der Waals surface area contributed by atoms with Crippen LogP contribution in [0.15, 0.2) is 24.3 Å². The largest absolute Gasteiger partial charge is 0.481 e. The molecule has 0 unspecified atom stereocenters. The molecule has 1 aromatic rings. The first-order valence-electron chi connectivity index (χ1n) is 4.17. The molecule has 3 heteroatoms. The summed E-state index contributed by atoms with van der Waals surface area (Å²) in [4.78, 5) is 10.6. The van der Waals surface area contributed by atoms with Crippen molar-refractivity contribution in [2.75, 3.05) is 0 Å². The minimum atomic E-state index is -0.805. The molecular weight excluding hydrogens is 166 g/mol. The van der Waals surface area contributed by atoms with Gasteiger partial charge in [0.1, 0.15) is 0 Å². The summed E-state index contributed by atoms with van der Waals surface area (Å²) >= 11 is 0. The molecule has 1 atom stereocenters. The number of carboxylic acids is 1. The van der Waals surface area contributed by atoms with E-state index in [9.17, 15) is 4.79 Å². The number of carbonyl (C=O) groups is 1. The first-order chi connectivity index (χ1) is 6.15. The van der Waals surface area contributed by atoms with Crippen molar-refractivity contribution in [2.24, 2.45) is 5.73 Å². The maximum Gasteiger partial charge on any atom is 0.310 e. The van der Waals surface area contributed by atoms with Gasteiger partial charge >= 0.3 is 5.97 Å². The number of nitrogens with two attached hydrogens (primary N) is 1. The summed E-state index contributed by atoms with van der Waals surface area (Å²) in [5.74, 6) is -1.26. The van der Waals surface area contributed by atoms with Gasteiger partial charge in [0.2, 0.25) is 0 Å². The Morgan fingerprint density at radius 1 is 1.46 bits per heavy atom. The molecule has 3 N–H and O–H groups in total. The van der Waals surface area contributed by atoms with Crippen LogP contribution >= 0.6 is 0 Å². The molecule has 0 aliphatic heterocycles. The van der Waals surface area contributed by atoms with Crippen LogP contribution in [0, 0.1) is 0 Å². The van der Waals surface area contributed by atoms with Gasteiger partial charge in [-0.15, -0.1) is 0 Å². The highest BCUT2D eigenvalue weighted by molar-refractivity contribution is 5.75. The summed E-state index contributed by atoms with van der Waals surface area (Å²) in [5, 5.41) is 8.74. The Balaban J connectivity index is 2.85. The fraction of sp³-hybridized carbons (Fsp3) is 0.300. The minimum Gasteiger partial charge on any atom is -0.481 e. The van der Waals surface area contributed by atoms with Gasteiger partial charge in [0.25, 0.3) is 0 Å². The molecule has 70 valence electrons. The lowest BCUT2D eigenvalue weighted by Crippen LogP contribution is -2.07. The average molecular weight is 179 g/mol. The van der Waals surface area contributed by atoms with E-state index in [4.69, 9.17) is 10.8 Å². The van der Waals surface area contributed by atoms with E-state index in [0.29, 0.717) is 6.54 Å². The van der Waals surface area contributed by atoms with Gasteiger partial charge in [-0.05, 0) is 18.1 Å². The van der Waals surface area contributed by atoms with Gasteiger partial charge in [-0.3, -0.25) is 4.79 Å². The van der Waals surface area contributed by atoms with E-state index in [-0.39, 0.29) is 0 Å². The van der Waals surface area contributed by atoms with Gasteiger partial charge in [0.05, 0.1) is 5.92 Å². The van der Waals surface area contributed by atoms with E-state index >= 15 is 0 Å². The predicted octanol–water partition coefficient (Wildman–Crippen LogP) is 1.33. The normalized spacial score (nSPS) is 12.5. The van der Waals surface area contributed by atoms with Crippen LogP contribution in [-0.4, -0.2) is 11.1 Å². The standard InChI is InChI=1S/C10H13NO2/c1-7(10(12)13)9-4-2-8(6-11)3-5-9/h2-5,7H,6,11H2,1H3,(H,12,13)/t7-/m0/s1. The zero-order valence-electron chi connectivity index (χ0n) is 7.53. The topological polar surface area (TPSA) is 63.3 Å². The van der Waals surface area contributed by atoms with E-state index < -0.39 is 11.9 Å². The first-order valence-corrected chi connectivity index (χ1v) is 4.17. The Labute approximate surface area is 77.2 Å². The molecule has 0 heterocycles. The van der Waals surface area contributed by atoms with Crippen LogP contribution in [0.4, 0.5) is 0 Å². The number of hydrogen-bond acceptors (Lipinski definition) is 2. The summed E-state index contributed by atoms with van der Waals surface area (Å²) < 4.78 is 0. The van der Waals surface area contributed by atoms with Gasteiger partial charge < -0.3 is 10.8 Å². The molecule has 0 amide bonds. The van der Waals surface area contributed by atoms with Crippen molar-refractivity contribution in [3.8, 4) is 0 Å². The first kappa shape index (κ1) is 9.74. The minimum absolute atomic E-state index is 0.452. The van der Waals surface area contributed by atoms with E-state index in [1.165, 1.54) is 0 Å². The van der Waals surface area contributed by atoms with Crippen molar-refractivity contribution >= 4 is 5.97 Å². The molecule has 0 bridgehead atoms. The fourth-order valence-corrected chi connectivity index (χ4v) is 1.08. The smallest absolute Gasteiger partial charge is 0.310 e. The second-order valence-corrected chi connectivity index (χ2v) is 3.01. The van der Waals surface area contributed by atoms with E-state index in [1.54, 1.807) is 19.1 Å². The highest BCUT2D eigenvalue weighted by Crippen LogP contribution is 2.15. The molecule has 3 nitrogen and oxygen atoms in total. The number of benzene rings is 1. The summed E-state index contributed by atoms with van der Waals surface area (Å²) in [6.45, 7) is 2.15. The van der Waals surface area contributed by atoms with E-state index in [2.05, 4.69) is 0 Å². The number of aliphatic carboxylic acids is 1. The van der Waals surface area contributed by atoms with Crippen LogP contribution < -0.4 is 5.73 Å². The number of hydrogen-bond donors (Lipinski definition) is 2. The molecule has 0 saturated heterocycles. The van der Waals surface area contributed by atoms with Crippen molar-refractivity contribution in [1.29, 1.82) is 0 Å². The van der Waals surface area contributed by atoms with Crippen molar-refractivity contribution in [2.45, 2.75) is 19.4 Å². The molecule has 1 aromatic carbocycles. The maximum atomic E-state index is 10.6. The molecule has 0 spiro atoms. The number of carboxylic acid groups (broad SMARTS) is 1. The van der Waals surface area contributed by atoms with Crippen LogP contribution in [0.5, 0.6) is 0 Å². The van der Waals surface area contributed by atoms with Gasteiger partial charge in [-0.25, -0.2) is 0 Å². The van der Waals surface area contributed by atoms with Crippen LogP contribution in [0.25, 0.3) is 0 Å². The van der Waals surface area contributed by atoms with Gasteiger partial charge in [-0.2, -0.15) is 0 Å². The van der Waals surface area contributed by atoms with E-state index in [1.807, 2.05) is 12.1 Å². The molecule has 0 aliphatic rings. The third-order valence-electron chi connectivity index (χ3n) is 2.09. The monoisotopic (exact) mass is 179 g/mol. The summed E-state index contributed by atoms with van der Waals surface area (Å²) in [6, 6.07) is 7.32. The predicted molar refractivity (Wildman–Crippen MR) is 50.4 cm³/mol. The Kier molecular flexibility index (Phi) is 3.03. The molecule has 13 heavy (non-hydrogen) atoms. The lowest BCUT2D eigenvalue weighted by molar-refractivity contribution is -0.138. The zero-order valence-corrected chi connectivity index (χ0v) is 7.53. The summed E-state index contributed by atoms with van der Waals surface area (Å²) in [5.41, 5.74) is 7.24. The second-order valence-electron chi connectivity index (χ2n) is 3.01. The van der Waals surface area contributed by atoms with Crippen molar-refractivity contribution in [1.82, 2.24) is 0 Å². The Morgan fingerprint density at radius 3 is 2.38 bits per heavy atom. The highest BCUT2D eigenvalue weighted by atomic mass is 16.4. The summed E-state index contributed by atoms with van der Waals surface area (Å²) in [6.07, 6.45) is 0. The Morgan fingerprint density at radius 2 is 2.00 bits per heavy atom. The average Bonchev–Trinajstić information content (AvgIpc) is 2.17. The van der Waals surface area contributed by atoms with Crippen LogP contribution in [-0.2, 0) is 11.3 Å². The lowest BCUT2D eigenvalue weighted by Gasteiger charge is -2.06. The molecular formula is C10H13NO2. The van der Waals surface area contributed by atoms with Crippen molar-refractivity contribution in [3.63, 3.8) is 0 Å². The highest BCUT2D eigenvalue weighted by Gasteiger charge is 2.12. The maximum absolute atomic E-state index is 10.6. The molecule has 0 fully saturated rings. The summed E-state index contributed by atoms with van der Waals surface area (Å²) in [7, 11) is 0. The van der Waals surface area contributed by atoms with Crippen molar-refractivity contribution in [3.05, 3.63) is 35.4 Å². The van der Waals surface area contributed by atoms with Crippen LogP contribution in [0.1, 0.15) is 24.0 Å². The van der Waals surface area contributed by atoms with Gasteiger partial charge in [-0.1, -0.05) is 24.3 Å². The van der Waals surface area contributed by atoms with Crippen LogP contribution in [0.3, 0.4) is 0 Å². The molecule has 1 rings (SSSR count). The molecule has 0 aliphatic carbocycles. The third-order valence-corrected chi connectivity index (χ3v) is 2.09. The molecule has 0 radical (unpaired) electrons. The zero-order chi connectivity index (χ0) is 9.84. The SMILES string of the molecule is C[C@H](C(=O)O)c1ccc(CN)cc1. The Hall–Kier alpha value is -1.35. The lowest BCUT2D eigenvalue weighted by atomic mass is 10.0. The molecule has 0 saturated carbocycles. The van der Waals surface area contributed by atoms with E-state index in [0.717, 1.165) is 11.1 Å². The van der Waals surface area contributed by atoms with Gasteiger partial charge in [0.15, 0.2) is 0 Å². The Bertz CT molecular complexity index is 292. The van der Waals surface area contributed by atoms with Crippen molar-refractivity contribution < 1.29 is 9.90 Å². The fourth-order valence-electron chi connectivity index (χ4n) is 1.08. The third kappa shape index (κ3) is 2.29.